The molecule has 1 amide bonds. The molecule has 1 aliphatic carbocycles. The fraction of sp³-hybridized carbons (Fsp3) is 0.389. The lowest BCUT2D eigenvalue weighted by atomic mass is 10.1. The van der Waals surface area contributed by atoms with Gasteiger partial charge in [-0.2, -0.15) is 0 Å². The zero-order valence-corrected chi connectivity index (χ0v) is 16.0. The van der Waals surface area contributed by atoms with E-state index >= 15 is 0 Å². The van der Waals surface area contributed by atoms with Crippen LogP contribution in [0.4, 0.5) is 0 Å². The molecule has 0 radical (unpaired) electrons. The summed E-state index contributed by atoms with van der Waals surface area (Å²) < 4.78 is 0.643. The Morgan fingerprint density at radius 1 is 1.36 bits per heavy atom. The van der Waals surface area contributed by atoms with Crippen molar-refractivity contribution in [2.45, 2.75) is 36.2 Å². The molecule has 1 aromatic rings. The first kappa shape index (κ1) is 17.3. The van der Waals surface area contributed by atoms with Gasteiger partial charge in [-0.15, -0.1) is 11.8 Å². The average molecular weight is 396 g/mol. The summed E-state index contributed by atoms with van der Waals surface area (Å²) in [5.74, 6) is 0.0213. The fourth-order valence-corrected chi connectivity index (χ4v) is 5.73. The highest BCUT2D eigenvalue weighted by atomic mass is 35.5. The van der Waals surface area contributed by atoms with Crippen LogP contribution in [0.5, 0.6) is 0 Å². The van der Waals surface area contributed by atoms with Gasteiger partial charge in [0.25, 0.3) is 0 Å². The normalized spacial score (nSPS) is 30.0. The van der Waals surface area contributed by atoms with Crippen molar-refractivity contribution < 1.29 is 4.79 Å². The summed E-state index contributed by atoms with van der Waals surface area (Å²) in [4.78, 5) is 12.5. The predicted molar refractivity (Wildman–Crippen MR) is 104 cm³/mol. The maximum Gasteiger partial charge on any atom is 0.226 e. The molecular formula is C18H19Cl2N3OS. The van der Waals surface area contributed by atoms with Gasteiger partial charge < -0.3 is 16.0 Å². The highest BCUT2D eigenvalue weighted by molar-refractivity contribution is 8.05. The molecule has 3 N–H and O–H groups in total. The Bertz CT molecular complexity index is 779. The summed E-state index contributed by atoms with van der Waals surface area (Å²) >= 11 is 13.8. The molecule has 2 heterocycles. The molecule has 4 nitrogen and oxygen atoms in total. The molecule has 132 valence electrons. The molecule has 4 rings (SSSR count). The van der Waals surface area contributed by atoms with Gasteiger partial charge in [0.15, 0.2) is 0 Å². The number of amides is 1. The van der Waals surface area contributed by atoms with Gasteiger partial charge in [-0.25, -0.2) is 0 Å². The van der Waals surface area contributed by atoms with Gasteiger partial charge in [-0.05, 0) is 30.7 Å². The van der Waals surface area contributed by atoms with Crippen molar-refractivity contribution in [1.29, 1.82) is 0 Å². The van der Waals surface area contributed by atoms with Crippen LogP contribution in [0.25, 0.3) is 0 Å². The topological polar surface area (TPSA) is 53.2 Å². The van der Waals surface area contributed by atoms with Crippen molar-refractivity contribution in [3.8, 4) is 0 Å². The van der Waals surface area contributed by atoms with Gasteiger partial charge in [0.1, 0.15) is 0 Å². The van der Waals surface area contributed by atoms with E-state index in [1.165, 1.54) is 22.9 Å². The van der Waals surface area contributed by atoms with Gasteiger partial charge in [-0.3, -0.25) is 4.79 Å². The third-order valence-corrected chi connectivity index (χ3v) is 7.19. The molecule has 2 unspecified atom stereocenters. The summed E-state index contributed by atoms with van der Waals surface area (Å²) in [5, 5.41) is 10.7. The number of benzene rings is 1. The Hall–Kier alpha value is -1.14. The first-order valence-electron chi connectivity index (χ1n) is 8.30. The lowest BCUT2D eigenvalue weighted by molar-refractivity contribution is -0.121. The zero-order valence-electron chi connectivity index (χ0n) is 13.7. The Labute approximate surface area is 161 Å². The summed E-state index contributed by atoms with van der Waals surface area (Å²) in [7, 11) is 1.93. The number of likely N-dealkylation sites (N-methyl/N-ethyl adjacent to an activating group) is 1. The zero-order chi connectivity index (χ0) is 17.6. The second kappa shape index (κ2) is 6.88. The van der Waals surface area contributed by atoms with Crippen LogP contribution in [0.1, 0.15) is 23.6 Å². The number of fused-ring (bicyclic) bond motifs is 2. The Morgan fingerprint density at radius 3 is 2.92 bits per heavy atom. The van der Waals surface area contributed by atoms with Crippen LogP contribution in [0, 0.1) is 0 Å². The van der Waals surface area contributed by atoms with E-state index < -0.39 is 0 Å². The number of rotatable bonds is 4. The molecule has 0 saturated carbocycles. The molecule has 0 saturated heterocycles. The van der Waals surface area contributed by atoms with Crippen LogP contribution < -0.4 is 16.0 Å². The van der Waals surface area contributed by atoms with Crippen molar-refractivity contribution in [3.63, 3.8) is 0 Å². The third kappa shape index (κ3) is 3.19. The predicted octanol–water partition coefficient (Wildman–Crippen LogP) is 3.00. The quantitative estimate of drug-likeness (QED) is 0.733. The van der Waals surface area contributed by atoms with E-state index in [9.17, 15) is 4.79 Å². The van der Waals surface area contributed by atoms with Gasteiger partial charge in [0.2, 0.25) is 5.91 Å². The second-order valence-corrected chi connectivity index (χ2v) is 8.74. The van der Waals surface area contributed by atoms with E-state index in [-0.39, 0.29) is 29.3 Å². The Balaban J connectivity index is 1.37. The minimum atomic E-state index is 0.00255. The minimum Gasteiger partial charge on any atom is -0.379 e. The fourth-order valence-electron chi connectivity index (χ4n) is 3.86. The number of hydrogen-bond acceptors (Lipinski definition) is 4. The summed E-state index contributed by atoms with van der Waals surface area (Å²) in [6.07, 6.45) is 3.25. The number of halogens is 2. The van der Waals surface area contributed by atoms with Crippen LogP contribution in [0.2, 0.25) is 0 Å². The molecule has 0 spiro atoms. The van der Waals surface area contributed by atoms with Crippen LogP contribution >= 0.6 is 35.0 Å². The average Bonchev–Trinajstić information content (AvgIpc) is 3.20. The van der Waals surface area contributed by atoms with Crippen LogP contribution in [0.15, 0.2) is 45.4 Å². The molecule has 7 heteroatoms. The number of nitrogens with one attached hydrogen (secondary N) is 3. The van der Waals surface area contributed by atoms with Crippen LogP contribution in [-0.4, -0.2) is 30.3 Å². The first-order chi connectivity index (χ1) is 12.1. The van der Waals surface area contributed by atoms with Gasteiger partial charge in [-0.1, -0.05) is 47.5 Å². The maximum atomic E-state index is 12.5. The molecule has 0 bridgehead atoms. The molecule has 25 heavy (non-hydrogen) atoms. The number of hydrogen-bond donors (Lipinski definition) is 3. The summed E-state index contributed by atoms with van der Waals surface area (Å²) in [6.45, 7) is 0. The molecule has 3 aliphatic rings. The third-order valence-electron chi connectivity index (χ3n) is 4.98. The SMILES string of the molecule is CN[C@@H]1c2ccccc2C[C@H]1NC(=O)CC1=CC2SC(Cl)=C(Cl)C2N1. The molecule has 4 atom stereocenters. The molecular weight excluding hydrogens is 377 g/mol. The van der Waals surface area contributed by atoms with Crippen molar-refractivity contribution in [1.82, 2.24) is 16.0 Å². The van der Waals surface area contributed by atoms with Gasteiger partial charge in [0.05, 0.1) is 39.2 Å². The summed E-state index contributed by atoms with van der Waals surface area (Å²) in [6, 6.07) is 8.56. The van der Waals surface area contributed by atoms with E-state index in [4.69, 9.17) is 23.2 Å². The minimum absolute atomic E-state index is 0.00255. The molecule has 2 aliphatic heterocycles. The lowest BCUT2D eigenvalue weighted by Crippen LogP contribution is -2.42. The van der Waals surface area contributed by atoms with Gasteiger partial charge in [0, 0.05) is 5.70 Å². The highest BCUT2D eigenvalue weighted by Crippen LogP contribution is 2.45. The standard InChI is InChI=1S/C18H19Cl2N3OS/c1-21-16-11-5-3-2-4-9(11)6-12(16)23-14(24)8-10-7-13-17(22-10)15(19)18(20)25-13/h2-5,7,12-13,16-17,21-22H,6,8H2,1H3,(H,23,24)/t12-,13?,16-,17?/m1/s1. The lowest BCUT2D eigenvalue weighted by Gasteiger charge is -2.21. The van der Waals surface area contributed by atoms with Crippen LogP contribution in [0.3, 0.4) is 0 Å². The van der Waals surface area contributed by atoms with E-state index in [1.807, 2.05) is 19.2 Å². The van der Waals surface area contributed by atoms with E-state index in [1.54, 1.807) is 0 Å². The largest absolute Gasteiger partial charge is 0.379 e. The number of carbonyl (C=O) groups excluding carboxylic acids is 1. The van der Waals surface area contributed by atoms with Gasteiger partial charge >= 0.3 is 0 Å². The summed E-state index contributed by atoms with van der Waals surface area (Å²) in [5.41, 5.74) is 3.48. The van der Waals surface area contributed by atoms with Crippen molar-refractivity contribution in [2.75, 3.05) is 7.05 Å². The van der Waals surface area contributed by atoms with Crippen molar-refractivity contribution >= 4 is 40.9 Å². The van der Waals surface area contributed by atoms with E-state index in [0.29, 0.717) is 15.8 Å². The smallest absolute Gasteiger partial charge is 0.226 e. The monoisotopic (exact) mass is 395 g/mol. The van der Waals surface area contributed by atoms with Crippen LogP contribution in [-0.2, 0) is 11.2 Å². The molecule has 0 fully saturated rings. The first-order valence-corrected chi connectivity index (χ1v) is 9.94. The number of carbonyl (C=O) groups is 1. The van der Waals surface area contributed by atoms with Crippen molar-refractivity contribution in [3.05, 3.63) is 56.6 Å². The molecule has 0 aromatic heterocycles. The highest BCUT2D eigenvalue weighted by Gasteiger charge is 2.38. The van der Waals surface area contributed by atoms with Crippen molar-refractivity contribution in [2.24, 2.45) is 0 Å². The Kier molecular flexibility index (Phi) is 4.75. The van der Waals surface area contributed by atoms with E-state index in [0.717, 1.165) is 12.1 Å². The maximum absolute atomic E-state index is 12.5. The Morgan fingerprint density at radius 2 is 2.16 bits per heavy atom. The molecule has 1 aromatic carbocycles. The second-order valence-electron chi connectivity index (χ2n) is 6.54. The number of thioether (sulfide) groups is 1. The van der Waals surface area contributed by atoms with E-state index in [2.05, 4.69) is 34.2 Å².